The average molecular weight is 602 g/mol. The van der Waals surface area contributed by atoms with E-state index in [0.29, 0.717) is 35.4 Å². The van der Waals surface area contributed by atoms with Crippen LogP contribution in [-0.2, 0) is 16.1 Å². The topological polar surface area (TPSA) is 144 Å². The van der Waals surface area contributed by atoms with E-state index < -0.39 is 54.3 Å². The molecule has 0 spiro atoms. The first-order chi connectivity index (χ1) is 20.4. The van der Waals surface area contributed by atoms with Gasteiger partial charge in [0.05, 0.1) is 29.5 Å². The van der Waals surface area contributed by atoms with Crippen LogP contribution in [0.15, 0.2) is 30.6 Å². The van der Waals surface area contributed by atoms with Gasteiger partial charge in [0.1, 0.15) is 5.69 Å². The van der Waals surface area contributed by atoms with E-state index >= 15 is 0 Å². The molecule has 4 atom stereocenters. The summed E-state index contributed by atoms with van der Waals surface area (Å²) in [5, 5.41) is 24.2. The van der Waals surface area contributed by atoms with Crippen molar-refractivity contribution in [1.29, 1.82) is 0 Å². The van der Waals surface area contributed by atoms with E-state index in [9.17, 15) is 32.7 Å². The fourth-order valence-corrected chi connectivity index (χ4v) is 6.70. The monoisotopic (exact) mass is 601 g/mol. The molecule has 11 nitrogen and oxygen atoms in total. The number of alkyl halides is 3. The molecule has 1 saturated heterocycles. The van der Waals surface area contributed by atoms with Crippen molar-refractivity contribution >= 4 is 23.4 Å². The summed E-state index contributed by atoms with van der Waals surface area (Å²) < 4.78 is 44.0. The smallest absolute Gasteiger partial charge is 0.393 e. The zero-order valence-electron chi connectivity index (χ0n) is 23.8. The number of carbonyl (C=O) groups is 3. The molecule has 230 valence electrons. The molecular weight excluding hydrogens is 567 g/mol. The predicted octanol–water partition coefficient (Wildman–Crippen LogP) is 3.73. The highest BCUT2D eigenvalue weighted by Crippen LogP contribution is 2.54. The number of carboxylic acids is 1. The minimum absolute atomic E-state index is 0.144. The van der Waals surface area contributed by atoms with Crippen molar-refractivity contribution < 1.29 is 32.7 Å². The number of carboxylic acid groups (broad SMARTS) is 1. The molecule has 43 heavy (non-hydrogen) atoms. The first kappa shape index (κ1) is 29.1. The number of nitrogens with zero attached hydrogens (tertiary/aromatic N) is 5. The molecule has 3 fully saturated rings. The van der Waals surface area contributed by atoms with Crippen molar-refractivity contribution in [3.8, 4) is 0 Å². The molecule has 0 bridgehead atoms. The molecule has 3 unspecified atom stereocenters. The van der Waals surface area contributed by atoms with Gasteiger partial charge in [0.25, 0.3) is 5.91 Å². The van der Waals surface area contributed by atoms with Crippen molar-refractivity contribution in [2.24, 2.45) is 29.1 Å². The van der Waals surface area contributed by atoms with Crippen molar-refractivity contribution in [1.82, 2.24) is 35.0 Å². The minimum atomic E-state index is -4.67. The number of aromatic nitrogens is 5. The Kier molecular flexibility index (Phi) is 7.20. The summed E-state index contributed by atoms with van der Waals surface area (Å²) in [6, 6.07) is 4.37. The summed E-state index contributed by atoms with van der Waals surface area (Å²) in [4.78, 5) is 43.6. The first-order valence-electron chi connectivity index (χ1n) is 14.7. The van der Waals surface area contributed by atoms with E-state index in [0.717, 1.165) is 25.7 Å². The second-order valence-corrected chi connectivity index (χ2v) is 12.1. The van der Waals surface area contributed by atoms with Gasteiger partial charge in [-0.1, -0.05) is 6.92 Å². The van der Waals surface area contributed by atoms with Gasteiger partial charge >= 0.3 is 12.1 Å². The molecule has 3 aromatic heterocycles. The molecule has 14 heteroatoms. The van der Waals surface area contributed by atoms with Crippen molar-refractivity contribution in [2.45, 2.75) is 70.6 Å². The van der Waals surface area contributed by atoms with Crippen molar-refractivity contribution in [3.05, 3.63) is 47.7 Å². The quantitative estimate of drug-likeness (QED) is 0.301. The average Bonchev–Trinajstić information content (AvgIpc) is 3.89. The van der Waals surface area contributed by atoms with Gasteiger partial charge in [0, 0.05) is 25.2 Å². The molecule has 4 heterocycles. The summed E-state index contributed by atoms with van der Waals surface area (Å²) in [6.07, 6.45) is 2.01. The summed E-state index contributed by atoms with van der Waals surface area (Å²) in [6.45, 7) is 3.18. The van der Waals surface area contributed by atoms with Crippen molar-refractivity contribution in [2.75, 3.05) is 6.54 Å². The molecule has 1 aliphatic heterocycles. The molecule has 2 aliphatic carbocycles. The molecule has 0 radical (unpaired) electrons. The fraction of sp³-hybridized carbons (Fsp3) is 0.586. The Morgan fingerprint density at radius 3 is 2.47 bits per heavy atom. The van der Waals surface area contributed by atoms with Crippen LogP contribution in [0.3, 0.4) is 0 Å². The maximum atomic E-state index is 13.6. The van der Waals surface area contributed by atoms with Crippen molar-refractivity contribution in [3.63, 3.8) is 0 Å². The lowest BCUT2D eigenvalue weighted by Gasteiger charge is -2.40. The Morgan fingerprint density at radius 1 is 1.16 bits per heavy atom. The minimum Gasteiger partial charge on any atom is -0.480 e. The molecule has 3 N–H and O–H groups in total. The highest BCUT2D eigenvalue weighted by atomic mass is 19.4. The third-order valence-corrected chi connectivity index (χ3v) is 9.44. The lowest BCUT2D eigenvalue weighted by Crippen LogP contribution is -2.58. The highest BCUT2D eigenvalue weighted by Gasteiger charge is 2.59. The molecule has 2 saturated carbocycles. The number of aliphatic carboxylic acids is 1. The number of fused-ring (bicyclic) bond motifs is 1. The van der Waals surface area contributed by atoms with Gasteiger partial charge in [-0.05, 0) is 75.0 Å². The number of aryl methyl sites for hydroxylation is 1. The first-order valence-corrected chi connectivity index (χ1v) is 14.7. The largest absolute Gasteiger partial charge is 0.480 e. The number of amides is 2. The number of imidazole rings is 1. The standard InChI is InChI=1S/C29H34F3N7O4/c1-3-38-21(10-11-34-38)25(40)36-24(23(16-4-5-16)17-6-7-17)20-14-39-22(35-20)9-8-19(37-39)15(2)28(27(42)43)12-18(29(30,31)32)13-33-26(28)41/h8-11,14-18,23-24H,3-7,12-13H2,1-2H3,(H,33,41)(H,36,40)(H,42,43)/t15?,18-,24?,28?/m1/s1. The number of halogens is 3. The second kappa shape index (κ2) is 10.6. The van der Waals surface area contributed by atoms with Crippen LogP contribution >= 0.6 is 0 Å². The molecular formula is C29H34F3N7O4. The van der Waals surface area contributed by atoms with Crippen LogP contribution in [0.4, 0.5) is 13.2 Å². The number of carbonyl (C=O) groups excluding carboxylic acids is 2. The van der Waals surface area contributed by atoms with Gasteiger partial charge < -0.3 is 15.7 Å². The van der Waals surface area contributed by atoms with Crippen LogP contribution < -0.4 is 10.6 Å². The number of nitrogens with one attached hydrogen (secondary N) is 2. The zero-order chi connectivity index (χ0) is 30.7. The highest BCUT2D eigenvalue weighted by molar-refractivity contribution is 6.03. The summed E-state index contributed by atoms with van der Waals surface area (Å²) in [5.74, 6) is -4.93. The third-order valence-electron chi connectivity index (χ3n) is 9.44. The van der Waals surface area contributed by atoms with Crippen LogP contribution in [0.2, 0.25) is 0 Å². The number of rotatable bonds is 10. The summed E-state index contributed by atoms with van der Waals surface area (Å²) >= 11 is 0. The van der Waals surface area contributed by atoms with Crippen LogP contribution in [-0.4, -0.2) is 60.0 Å². The van der Waals surface area contributed by atoms with Gasteiger partial charge in [0.2, 0.25) is 5.91 Å². The SMILES string of the molecule is CCn1nccc1C(=O)NC(c1cn2nc(C(C)C3(C(=O)O)C[C@@H](C(F)(F)F)CNC3=O)ccc2n1)C(C1CC1)C1CC1. The lowest BCUT2D eigenvalue weighted by atomic mass is 9.66. The van der Waals surface area contributed by atoms with Crippen LogP contribution in [0, 0.1) is 29.1 Å². The molecule has 6 rings (SSSR count). The number of hydrogen-bond donors (Lipinski definition) is 3. The maximum absolute atomic E-state index is 13.6. The van der Waals surface area contributed by atoms with Gasteiger partial charge in [0.15, 0.2) is 11.1 Å². The van der Waals surface area contributed by atoms with E-state index in [1.54, 1.807) is 29.2 Å². The Morgan fingerprint density at radius 2 is 1.86 bits per heavy atom. The molecule has 0 aromatic carbocycles. The number of piperidine rings is 1. The maximum Gasteiger partial charge on any atom is 0.393 e. The fourth-order valence-electron chi connectivity index (χ4n) is 6.70. The van der Waals surface area contributed by atoms with Gasteiger partial charge in [-0.15, -0.1) is 0 Å². The third kappa shape index (κ3) is 5.24. The zero-order valence-corrected chi connectivity index (χ0v) is 23.8. The van der Waals surface area contributed by atoms with Gasteiger partial charge in [-0.25, -0.2) is 9.50 Å². The Hall–Kier alpha value is -3.97. The van der Waals surface area contributed by atoms with Gasteiger partial charge in [-0.2, -0.15) is 23.4 Å². The lowest BCUT2D eigenvalue weighted by molar-refractivity contribution is -0.195. The van der Waals surface area contributed by atoms with E-state index in [1.807, 2.05) is 6.92 Å². The van der Waals surface area contributed by atoms with Crippen LogP contribution in [0.25, 0.3) is 5.65 Å². The summed E-state index contributed by atoms with van der Waals surface area (Å²) in [5.41, 5.74) is -0.746. The van der Waals surface area contributed by atoms with Crippen LogP contribution in [0.5, 0.6) is 0 Å². The van der Waals surface area contributed by atoms with E-state index in [-0.39, 0.29) is 17.5 Å². The Labute approximate surface area is 245 Å². The van der Waals surface area contributed by atoms with Crippen LogP contribution in [0.1, 0.15) is 79.8 Å². The second-order valence-electron chi connectivity index (χ2n) is 12.1. The van der Waals surface area contributed by atoms with Gasteiger partial charge in [-0.3, -0.25) is 19.1 Å². The molecule has 2 amide bonds. The van der Waals surface area contributed by atoms with E-state index in [1.165, 1.54) is 17.5 Å². The molecule has 3 aliphatic rings. The predicted molar refractivity (Wildman–Crippen MR) is 146 cm³/mol. The normalized spacial score (nSPS) is 24.1. The summed E-state index contributed by atoms with van der Waals surface area (Å²) in [7, 11) is 0. The van der Waals surface area contributed by atoms with E-state index in [2.05, 4.69) is 20.8 Å². The Bertz CT molecular complexity index is 1550. The Balaban J connectivity index is 1.35. The van der Waals surface area contributed by atoms with E-state index in [4.69, 9.17) is 4.98 Å². The molecule has 3 aromatic rings. The number of hydrogen-bond acceptors (Lipinski definition) is 6.